The molecule has 170 valence electrons. The van der Waals surface area contributed by atoms with Gasteiger partial charge in [0.2, 0.25) is 0 Å². The van der Waals surface area contributed by atoms with E-state index in [1.54, 1.807) is 0 Å². The normalized spacial score (nSPS) is 26.2. The quantitative estimate of drug-likeness (QED) is 0.317. The lowest BCUT2D eigenvalue weighted by Gasteiger charge is -2.44. The molecule has 14 heteroatoms. The highest BCUT2D eigenvalue weighted by atomic mass is 35.6. The second-order valence-electron chi connectivity index (χ2n) is 6.09. The monoisotopic (exact) mass is 491 g/mol. The predicted molar refractivity (Wildman–Crippen MR) is 100 cm³/mol. The number of nitrogens with one attached hydrogen (secondary N) is 1. The minimum absolute atomic E-state index is 0.460. The molecule has 1 saturated heterocycles. The molecule has 1 heterocycles. The number of carbonyl (C=O) groups excluding carboxylic acids is 5. The molecule has 1 amide bonds. The van der Waals surface area contributed by atoms with Crippen LogP contribution < -0.4 is 5.32 Å². The van der Waals surface area contributed by atoms with Crippen LogP contribution in [0.1, 0.15) is 27.7 Å². The van der Waals surface area contributed by atoms with Crippen LogP contribution in [0.15, 0.2) is 0 Å². The van der Waals surface area contributed by atoms with Crippen LogP contribution in [0, 0.1) is 0 Å². The van der Waals surface area contributed by atoms with E-state index in [0.717, 1.165) is 27.7 Å². The molecule has 0 aromatic rings. The molecule has 0 aromatic carbocycles. The fourth-order valence-electron chi connectivity index (χ4n) is 2.56. The van der Waals surface area contributed by atoms with Crippen molar-refractivity contribution in [2.75, 3.05) is 6.61 Å². The SMILES string of the molecule is CC(=O)OC[C@H]1OC(NC(=O)C(Cl)(Cl)Cl)[C@H](OC(C)=O)[C@@H](OC(C)=O)[C@H]1OC(C)=O. The van der Waals surface area contributed by atoms with Crippen molar-refractivity contribution < 1.29 is 47.7 Å². The summed E-state index contributed by atoms with van der Waals surface area (Å²) in [5, 5.41) is 2.20. The first-order chi connectivity index (χ1) is 13.7. The van der Waals surface area contributed by atoms with E-state index in [1.807, 2.05) is 0 Å². The molecule has 11 nitrogen and oxygen atoms in total. The lowest BCUT2D eigenvalue weighted by molar-refractivity contribution is -0.256. The summed E-state index contributed by atoms with van der Waals surface area (Å²) in [5.41, 5.74) is 0. The van der Waals surface area contributed by atoms with E-state index in [2.05, 4.69) is 5.32 Å². The predicted octanol–water partition coefficient (Wildman–Crippen LogP) is 0.556. The zero-order valence-corrected chi connectivity index (χ0v) is 18.6. The van der Waals surface area contributed by atoms with Gasteiger partial charge in [-0.15, -0.1) is 0 Å². The number of amides is 1. The second-order valence-corrected chi connectivity index (χ2v) is 8.37. The van der Waals surface area contributed by atoms with Crippen molar-refractivity contribution in [3.8, 4) is 0 Å². The maximum atomic E-state index is 12.1. The summed E-state index contributed by atoms with van der Waals surface area (Å²) in [6.07, 6.45) is -7.08. The molecule has 0 saturated carbocycles. The van der Waals surface area contributed by atoms with Gasteiger partial charge in [0.1, 0.15) is 12.7 Å². The molecule has 1 aliphatic rings. The number of esters is 4. The maximum Gasteiger partial charge on any atom is 0.303 e. The first kappa shape index (κ1) is 26.2. The lowest BCUT2D eigenvalue weighted by atomic mass is 9.97. The van der Waals surface area contributed by atoms with Crippen molar-refractivity contribution >= 4 is 64.6 Å². The van der Waals surface area contributed by atoms with Crippen molar-refractivity contribution in [3.05, 3.63) is 0 Å². The van der Waals surface area contributed by atoms with E-state index in [9.17, 15) is 24.0 Å². The zero-order valence-electron chi connectivity index (χ0n) is 16.3. The van der Waals surface area contributed by atoms with Crippen molar-refractivity contribution in [1.82, 2.24) is 5.32 Å². The van der Waals surface area contributed by atoms with E-state index in [1.165, 1.54) is 0 Å². The highest BCUT2D eigenvalue weighted by Gasteiger charge is 2.53. The van der Waals surface area contributed by atoms with E-state index >= 15 is 0 Å². The number of hydrogen-bond donors (Lipinski definition) is 1. The molecule has 0 bridgehead atoms. The number of carbonyl (C=O) groups is 5. The highest BCUT2D eigenvalue weighted by Crippen LogP contribution is 2.31. The van der Waals surface area contributed by atoms with Gasteiger partial charge in [-0.25, -0.2) is 0 Å². The van der Waals surface area contributed by atoms with Gasteiger partial charge in [-0.1, -0.05) is 34.8 Å². The summed E-state index contributed by atoms with van der Waals surface area (Å²) in [7, 11) is 0. The van der Waals surface area contributed by atoms with Crippen LogP contribution in [-0.2, 0) is 47.7 Å². The van der Waals surface area contributed by atoms with Gasteiger partial charge in [0.05, 0.1) is 0 Å². The zero-order chi connectivity index (χ0) is 23.2. The third-order valence-electron chi connectivity index (χ3n) is 3.52. The van der Waals surface area contributed by atoms with Crippen LogP contribution in [0.3, 0.4) is 0 Å². The molecule has 0 spiro atoms. The van der Waals surface area contributed by atoms with E-state index in [-0.39, 0.29) is 0 Å². The summed E-state index contributed by atoms with van der Waals surface area (Å²) in [6, 6.07) is 0. The van der Waals surface area contributed by atoms with Gasteiger partial charge in [-0.3, -0.25) is 24.0 Å². The van der Waals surface area contributed by atoms with Crippen LogP contribution in [0.5, 0.6) is 0 Å². The fraction of sp³-hybridized carbons (Fsp3) is 0.688. The molecule has 1 N–H and O–H groups in total. The minimum atomic E-state index is -2.40. The number of hydrogen-bond acceptors (Lipinski definition) is 10. The average molecular weight is 493 g/mol. The van der Waals surface area contributed by atoms with Gasteiger partial charge >= 0.3 is 23.9 Å². The van der Waals surface area contributed by atoms with E-state index in [4.69, 9.17) is 58.5 Å². The molecular weight excluding hydrogens is 473 g/mol. The van der Waals surface area contributed by atoms with Crippen LogP contribution >= 0.6 is 34.8 Å². The van der Waals surface area contributed by atoms with Crippen molar-refractivity contribution in [2.45, 2.75) is 62.1 Å². The molecule has 5 atom stereocenters. The van der Waals surface area contributed by atoms with E-state index in [0.29, 0.717) is 0 Å². The third kappa shape index (κ3) is 8.13. The van der Waals surface area contributed by atoms with Gasteiger partial charge in [0.15, 0.2) is 24.5 Å². The largest absolute Gasteiger partial charge is 0.463 e. The van der Waals surface area contributed by atoms with Crippen molar-refractivity contribution in [3.63, 3.8) is 0 Å². The Kier molecular flexibility index (Phi) is 9.60. The van der Waals surface area contributed by atoms with Gasteiger partial charge in [-0.2, -0.15) is 0 Å². The molecule has 1 aliphatic heterocycles. The second kappa shape index (κ2) is 11.0. The van der Waals surface area contributed by atoms with Crippen LogP contribution in [-0.4, -0.2) is 70.8 Å². The standard InChI is InChI=1S/C16H20Cl3NO10/c1-6(21)26-5-10-11(27-7(2)22)12(28-8(3)23)13(29-9(4)24)14(30-10)20-15(25)16(17,18)19/h10-14H,5H2,1-4H3,(H,20,25)/t10-,11+,12+,13-,14?/m1/s1. The Morgan fingerprint density at radius 2 is 1.27 bits per heavy atom. The Bertz CT molecular complexity index is 695. The minimum Gasteiger partial charge on any atom is -0.463 e. The number of rotatable bonds is 6. The Balaban J connectivity index is 3.37. The third-order valence-corrected chi connectivity index (χ3v) is 4.04. The van der Waals surface area contributed by atoms with Crippen LogP contribution in [0.4, 0.5) is 0 Å². The fourth-order valence-corrected chi connectivity index (χ4v) is 2.72. The molecule has 0 radical (unpaired) electrons. The summed E-state index contributed by atoms with van der Waals surface area (Å²) < 4.78 is 23.6. The number of halogens is 3. The van der Waals surface area contributed by atoms with Gasteiger partial charge in [-0.05, 0) is 0 Å². The Hall–Kier alpha value is -1.82. The first-order valence-electron chi connectivity index (χ1n) is 8.40. The van der Waals surface area contributed by atoms with Crippen LogP contribution in [0.25, 0.3) is 0 Å². The summed E-state index contributed by atoms with van der Waals surface area (Å²) in [6.45, 7) is 3.84. The van der Waals surface area contributed by atoms with Gasteiger partial charge in [0, 0.05) is 27.7 Å². The summed E-state index contributed by atoms with van der Waals surface area (Å²) >= 11 is 16.6. The Labute approximate surface area is 186 Å². The Morgan fingerprint density at radius 1 is 0.800 bits per heavy atom. The lowest BCUT2D eigenvalue weighted by Crippen LogP contribution is -2.66. The van der Waals surface area contributed by atoms with Gasteiger partial charge in [0.25, 0.3) is 9.70 Å². The maximum absolute atomic E-state index is 12.1. The Morgan fingerprint density at radius 3 is 1.70 bits per heavy atom. The molecule has 0 aliphatic carbocycles. The van der Waals surface area contributed by atoms with Crippen molar-refractivity contribution in [2.24, 2.45) is 0 Å². The van der Waals surface area contributed by atoms with E-state index < -0.39 is 70.8 Å². The molecule has 1 unspecified atom stereocenters. The summed E-state index contributed by atoms with van der Waals surface area (Å²) in [5.74, 6) is -4.29. The summed E-state index contributed by atoms with van der Waals surface area (Å²) in [4.78, 5) is 58.2. The average Bonchev–Trinajstić information content (AvgIpc) is 2.56. The van der Waals surface area contributed by atoms with Gasteiger partial charge < -0.3 is 29.0 Å². The molecule has 30 heavy (non-hydrogen) atoms. The van der Waals surface area contributed by atoms with Crippen LogP contribution in [0.2, 0.25) is 0 Å². The molecule has 1 rings (SSSR count). The first-order valence-corrected chi connectivity index (χ1v) is 9.54. The molecule has 0 aromatic heterocycles. The smallest absolute Gasteiger partial charge is 0.303 e. The molecular formula is C16H20Cl3NO10. The highest BCUT2D eigenvalue weighted by molar-refractivity contribution is 6.76. The van der Waals surface area contributed by atoms with Crippen molar-refractivity contribution in [1.29, 1.82) is 0 Å². The topological polar surface area (TPSA) is 144 Å². The number of ether oxygens (including phenoxy) is 5. The molecule has 1 fully saturated rings. The number of alkyl halides is 3.